The number of nitrogens with one attached hydrogen (secondary N) is 1. The van der Waals surface area contributed by atoms with E-state index >= 15 is 0 Å². The quantitative estimate of drug-likeness (QED) is 0.733. The summed E-state index contributed by atoms with van der Waals surface area (Å²) in [4.78, 5) is 20.2. The van der Waals surface area contributed by atoms with Crippen LogP contribution in [0.2, 0.25) is 0 Å². The molecular formula is C9H14N4O2. The van der Waals surface area contributed by atoms with Gasteiger partial charge in [0, 0.05) is 19.7 Å². The number of carboxylic acid groups (broad SMARTS) is 1. The van der Waals surface area contributed by atoms with Crippen molar-refractivity contribution >= 4 is 17.6 Å². The maximum Gasteiger partial charge on any atom is 0.322 e. The minimum Gasteiger partial charge on any atom is -0.480 e. The number of carboxylic acids is 1. The maximum absolute atomic E-state index is 10.3. The summed E-state index contributed by atoms with van der Waals surface area (Å²) in [6.45, 7) is 2.69. The summed E-state index contributed by atoms with van der Waals surface area (Å²) in [6, 6.07) is 1.71. The van der Waals surface area contributed by atoms with Gasteiger partial charge in [-0.2, -0.15) is 0 Å². The molecule has 0 aliphatic heterocycles. The van der Waals surface area contributed by atoms with Gasteiger partial charge in [0.2, 0.25) is 0 Å². The first kappa shape index (κ1) is 11.2. The van der Waals surface area contributed by atoms with Crippen LogP contribution in [0, 0.1) is 0 Å². The molecule has 6 nitrogen and oxygen atoms in total. The van der Waals surface area contributed by atoms with E-state index in [2.05, 4.69) is 15.3 Å². The first-order valence-electron chi connectivity index (χ1n) is 4.62. The van der Waals surface area contributed by atoms with Crippen LogP contribution in [0.5, 0.6) is 0 Å². The minimum atomic E-state index is -0.918. The Bertz CT molecular complexity index is 343. The molecule has 15 heavy (non-hydrogen) atoms. The van der Waals surface area contributed by atoms with Crippen LogP contribution in [0.25, 0.3) is 0 Å². The van der Waals surface area contributed by atoms with Crippen LogP contribution < -0.4 is 10.2 Å². The van der Waals surface area contributed by atoms with Crippen LogP contribution in [0.1, 0.15) is 6.92 Å². The van der Waals surface area contributed by atoms with Gasteiger partial charge in [0.15, 0.2) is 0 Å². The zero-order valence-corrected chi connectivity index (χ0v) is 8.77. The molecule has 0 aliphatic carbocycles. The van der Waals surface area contributed by atoms with Crippen molar-refractivity contribution in [2.75, 3.05) is 30.4 Å². The van der Waals surface area contributed by atoms with E-state index in [0.717, 1.165) is 12.4 Å². The number of aromatic nitrogens is 2. The minimum absolute atomic E-state index is 0.147. The summed E-state index contributed by atoms with van der Waals surface area (Å²) in [6.07, 6.45) is 1.41. The van der Waals surface area contributed by atoms with Gasteiger partial charge in [-0.1, -0.05) is 0 Å². The van der Waals surface area contributed by atoms with Gasteiger partial charge in [-0.15, -0.1) is 0 Å². The lowest BCUT2D eigenvalue weighted by Gasteiger charge is -2.15. The fourth-order valence-corrected chi connectivity index (χ4v) is 0.981. The summed E-state index contributed by atoms with van der Waals surface area (Å²) in [5.74, 6) is 0.363. The molecule has 1 rings (SSSR count). The molecule has 6 heteroatoms. The molecule has 1 aromatic rings. The van der Waals surface area contributed by atoms with E-state index in [4.69, 9.17) is 5.11 Å². The summed E-state index contributed by atoms with van der Waals surface area (Å²) in [7, 11) is 1.91. The Kier molecular flexibility index (Phi) is 3.84. The lowest BCUT2D eigenvalue weighted by molar-refractivity contribution is -0.134. The number of aliphatic carboxylic acids is 1. The second-order valence-corrected chi connectivity index (χ2v) is 3.02. The third-order valence-corrected chi connectivity index (χ3v) is 1.94. The fraction of sp³-hybridized carbons (Fsp3) is 0.444. The molecule has 0 spiro atoms. The molecule has 0 aliphatic rings. The summed E-state index contributed by atoms with van der Waals surface area (Å²) < 4.78 is 0. The van der Waals surface area contributed by atoms with Crippen LogP contribution in [0.4, 0.5) is 11.6 Å². The van der Waals surface area contributed by atoms with Crippen molar-refractivity contribution in [2.45, 2.75) is 6.92 Å². The molecule has 2 N–H and O–H groups in total. The predicted molar refractivity (Wildman–Crippen MR) is 57.1 cm³/mol. The largest absolute Gasteiger partial charge is 0.480 e. The number of nitrogens with zero attached hydrogens (tertiary/aromatic N) is 3. The predicted octanol–water partition coefficient (Wildman–Crippen LogP) is 0.429. The average molecular weight is 210 g/mol. The van der Waals surface area contributed by atoms with E-state index < -0.39 is 5.97 Å². The van der Waals surface area contributed by atoms with Crippen LogP contribution in [-0.4, -0.2) is 41.2 Å². The van der Waals surface area contributed by atoms with Crippen molar-refractivity contribution in [3.8, 4) is 0 Å². The standard InChI is InChI=1S/C9H14N4O2/c1-3-13(2)8-4-7(11-6-12-8)10-5-9(14)15/h4,6H,3,5H2,1-2H3,(H,14,15)(H,10,11,12). The van der Waals surface area contributed by atoms with Gasteiger partial charge in [0.1, 0.15) is 24.5 Å². The third kappa shape index (κ3) is 3.41. The second kappa shape index (κ2) is 5.14. The first-order chi connectivity index (χ1) is 7.13. The van der Waals surface area contributed by atoms with E-state index in [0.29, 0.717) is 5.82 Å². The number of hydrogen-bond acceptors (Lipinski definition) is 5. The zero-order valence-electron chi connectivity index (χ0n) is 8.77. The SMILES string of the molecule is CCN(C)c1cc(NCC(=O)O)ncn1. The molecule has 0 atom stereocenters. The Morgan fingerprint density at radius 2 is 2.33 bits per heavy atom. The molecule has 0 aromatic carbocycles. The number of carbonyl (C=O) groups is 1. The molecule has 0 amide bonds. The highest BCUT2D eigenvalue weighted by Gasteiger charge is 2.03. The Morgan fingerprint density at radius 1 is 1.60 bits per heavy atom. The number of anilines is 2. The van der Waals surface area contributed by atoms with Gasteiger partial charge in [-0.3, -0.25) is 4.79 Å². The van der Waals surface area contributed by atoms with Crippen LogP contribution in [0.15, 0.2) is 12.4 Å². The van der Waals surface area contributed by atoms with E-state index in [1.54, 1.807) is 6.07 Å². The van der Waals surface area contributed by atoms with Crippen LogP contribution in [0.3, 0.4) is 0 Å². The Morgan fingerprint density at radius 3 is 2.93 bits per heavy atom. The van der Waals surface area contributed by atoms with Gasteiger partial charge < -0.3 is 15.3 Å². The molecule has 0 radical (unpaired) electrons. The van der Waals surface area contributed by atoms with E-state index in [9.17, 15) is 4.79 Å². The third-order valence-electron chi connectivity index (χ3n) is 1.94. The maximum atomic E-state index is 10.3. The van der Waals surface area contributed by atoms with Gasteiger partial charge >= 0.3 is 5.97 Å². The van der Waals surface area contributed by atoms with Crippen molar-refractivity contribution in [3.63, 3.8) is 0 Å². The normalized spacial score (nSPS) is 9.73. The lowest BCUT2D eigenvalue weighted by Crippen LogP contribution is -2.18. The van der Waals surface area contributed by atoms with Crippen molar-refractivity contribution in [3.05, 3.63) is 12.4 Å². The van der Waals surface area contributed by atoms with Crippen molar-refractivity contribution < 1.29 is 9.90 Å². The Labute approximate surface area is 88.0 Å². The Balaban J connectivity index is 2.69. The van der Waals surface area contributed by atoms with E-state index in [1.165, 1.54) is 6.33 Å². The average Bonchev–Trinajstić information content (AvgIpc) is 2.25. The fourth-order valence-electron chi connectivity index (χ4n) is 0.981. The van der Waals surface area contributed by atoms with Gasteiger partial charge in [0.25, 0.3) is 0 Å². The van der Waals surface area contributed by atoms with E-state index in [-0.39, 0.29) is 6.54 Å². The molecule has 0 fully saturated rings. The smallest absolute Gasteiger partial charge is 0.322 e. The summed E-state index contributed by atoms with van der Waals surface area (Å²) in [5.41, 5.74) is 0. The number of hydrogen-bond donors (Lipinski definition) is 2. The molecule has 0 bridgehead atoms. The summed E-state index contributed by atoms with van der Waals surface area (Å²) >= 11 is 0. The molecule has 0 saturated heterocycles. The van der Waals surface area contributed by atoms with Gasteiger partial charge in [-0.05, 0) is 6.92 Å². The number of rotatable bonds is 5. The van der Waals surface area contributed by atoms with Crippen LogP contribution in [-0.2, 0) is 4.79 Å². The first-order valence-corrected chi connectivity index (χ1v) is 4.62. The molecule has 1 heterocycles. The topological polar surface area (TPSA) is 78.4 Å². The van der Waals surface area contributed by atoms with Crippen molar-refractivity contribution in [1.82, 2.24) is 9.97 Å². The van der Waals surface area contributed by atoms with Crippen molar-refractivity contribution in [2.24, 2.45) is 0 Å². The summed E-state index contributed by atoms with van der Waals surface area (Å²) in [5, 5.41) is 11.2. The van der Waals surface area contributed by atoms with Crippen molar-refractivity contribution in [1.29, 1.82) is 0 Å². The highest BCUT2D eigenvalue weighted by molar-refractivity contribution is 5.72. The lowest BCUT2D eigenvalue weighted by atomic mass is 10.4. The van der Waals surface area contributed by atoms with E-state index in [1.807, 2.05) is 18.9 Å². The van der Waals surface area contributed by atoms with Gasteiger partial charge in [0.05, 0.1) is 0 Å². The molecule has 82 valence electrons. The highest BCUT2D eigenvalue weighted by atomic mass is 16.4. The molecule has 0 unspecified atom stereocenters. The Hall–Kier alpha value is -1.85. The van der Waals surface area contributed by atoms with Gasteiger partial charge in [-0.25, -0.2) is 9.97 Å². The second-order valence-electron chi connectivity index (χ2n) is 3.02. The monoisotopic (exact) mass is 210 g/mol. The molecular weight excluding hydrogens is 196 g/mol. The molecule has 1 aromatic heterocycles. The zero-order chi connectivity index (χ0) is 11.3. The highest BCUT2D eigenvalue weighted by Crippen LogP contribution is 2.11. The van der Waals surface area contributed by atoms with Crippen LogP contribution >= 0.6 is 0 Å². The molecule has 0 saturated carbocycles.